The van der Waals surface area contributed by atoms with E-state index in [1.54, 1.807) is 0 Å². The predicted molar refractivity (Wildman–Crippen MR) is 140 cm³/mol. The minimum absolute atomic E-state index is 0.330. The molecule has 20 heteroatoms. The van der Waals surface area contributed by atoms with Gasteiger partial charge in [0.05, 0.1) is 13.1 Å². The minimum atomic E-state index is -5.72. The number of quaternary nitrogens is 1. The fourth-order valence-electron chi connectivity index (χ4n) is 4.24. The number of hydrogen-bond donors (Lipinski definition) is 10. The van der Waals surface area contributed by atoms with Crippen LogP contribution in [0.1, 0.15) is 78.1 Å². The summed E-state index contributed by atoms with van der Waals surface area (Å²) in [6.07, 6.45) is 11.0. The van der Waals surface area contributed by atoms with Crippen LogP contribution in [0.25, 0.3) is 0 Å². The van der Waals surface area contributed by atoms with Crippen LogP contribution in [-0.4, -0.2) is 85.4 Å². The van der Waals surface area contributed by atoms with Gasteiger partial charge in [0.15, 0.2) is 0 Å². The van der Waals surface area contributed by atoms with Gasteiger partial charge in [0.25, 0.3) is 11.0 Å². The van der Waals surface area contributed by atoms with Gasteiger partial charge < -0.3 is 50.0 Å². The van der Waals surface area contributed by atoms with Gasteiger partial charge in [-0.3, -0.25) is 27.5 Å². The van der Waals surface area contributed by atoms with Gasteiger partial charge in [-0.2, -0.15) is 0 Å². The first-order chi connectivity index (χ1) is 17.1. The molecule has 0 saturated heterocycles. The third kappa shape index (κ3) is 15.1. The molecule has 0 rings (SSSR count). The first-order valence-corrected chi connectivity index (χ1v) is 18.8. The topological polar surface area (TPSA) is 293 Å². The van der Waals surface area contributed by atoms with Gasteiger partial charge in [0.2, 0.25) is 0 Å². The van der Waals surface area contributed by atoms with E-state index in [1.807, 2.05) is 0 Å². The molecule has 0 aromatic heterocycles. The van der Waals surface area contributed by atoms with Crippen LogP contribution in [0.15, 0.2) is 0 Å². The van der Waals surface area contributed by atoms with Crippen molar-refractivity contribution in [2.45, 2.75) is 89.1 Å². The number of nitrogens with zero attached hydrogens (tertiary/aromatic N) is 1. The zero-order valence-electron chi connectivity index (χ0n) is 21.7. The third-order valence-corrected chi connectivity index (χ3v) is 13.8. The molecule has 0 aromatic rings. The summed E-state index contributed by atoms with van der Waals surface area (Å²) in [5.41, 5.74) is -0.664. The average molecular weight is 637 g/mol. The first kappa shape index (κ1) is 40.1. The Hall–Kier alpha value is -0.0100. The normalized spacial score (nSPS) is 13.5. The van der Waals surface area contributed by atoms with E-state index in [9.17, 15) is 62.2 Å². The SMILES string of the molecule is CC[N+](CC)(C(P(=O)(O)O)P(=O)(O)O)C(P(=O)(O)O)P(=O)(O)O.NCCCCCCCCCCCC(=O)O. The van der Waals surface area contributed by atoms with Gasteiger partial charge >= 0.3 is 36.4 Å². The summed E-state index contributed by atoms with van der Waals surface area (Å²) in [5.74, 6) is -0.670. The van der Waals surface area contributed by atoms with E-state index >= 15 is 0 Å². The lowest BCUT2D eigenvalue weighted by molar-refractivity contribution is -0.927. The zero-order valence-corrected chi connectivity index (χ0v) is 25.3. The predicted octanol–water partition coefficient (Wildman–Crippen LogP) is 2.05. The molecule has 0 radical (unpaired) electrons. The van der Waals surface area contributed by atoms with Crippen molar-refractivity contribution in [2.75, 3.05) is 19.6 Å². The molecule has 0 spiro atoms. The van der Waals surface area contributed by atoms with Crippen LogP contribution in [0, 0.1) is 0 Å². The molecular weight excluding hydrogens is 592 g/mol. The van der Waals surface area contributed by atoms with Crippen LogP contribution < -0.4 is 5.73 Å². The number of carboxylic acid groups (broad SMARTS) is 1. The van der Waals surface area contributed by atoms with E-state index in [0.717, 1.165) is 39.7 Å². The average Bonchev–Trinajstić information content (AvgIpc) is 2.70. The lowest BCUT2D eigenvalue weighted by atomic mass is 10.1. The minimum Gasteiger partial charge on any atom is -0.481 e. The number of unbranched alkanes of at least 4 members (excludes halogenated alkanes) is 8. The second-order valence-electron chi connectivity index (χ2n) is 8.90. The molecular formula is C18H45N2O14P4+. The van der Waals surface area contributed by atoms with Gasteiger partial charge in [0.1, 0.15) is 0 Å². The van der Waals surface area contributed by atoms with Crippen molar-refractivity contribution in [3.63, 3.8) is 0 Å². The van der Waals surface area contributed by atoms with E-state index < -0.39 is 65.0 Å². The molecule has 0 aromatic carbocycles. The van der Waals surface area contributed by atoms with Crippen LogP contribution in [0.4, 0.5) is 0 Å². The van der Waals surface area contributed by atoms with E-state index in [1.165, 1.54) is 38.5 Å². The third-order valence-electron chi connectivity index (χ3n) is 5.90. The van der Waals surface area contributed by atoms with Crippen LogP contribution in [0.2, 0.25) is 0 Å². The molecule has 0 aliphatic rings. The van der Waals surface area contributed by atoms with Gasteiger partial charge in [-0.15, -0.1) is 0 Å². The van der Waals surface area contributed by atoms with Crippen molar-refractivity contribution in [3.8, 4) is 0 Å². The summed E-state index contributed by atoms with van der Waals surface area (Å²) in [7, 11) is -22.9. The lowest BCUT2D eigenvalue weighted by Gasteiger charge is -2.47. The molecule has 0 fully saturated rings. The molecule has 0 amide bonds. The highest BCUT2D eigenvalue weighted by molar-refractivity contribution is 7.72. The van der Waals surface area contributed by atoms with Crippen molar-refractivity contribution in [1.29, 1.82) is 0 Å². The standard InChI is InChI=1S/C12H25NO2.C6H19NO12P4/c13-11-9-7-5-3-1-2-4-6-8-10-12(14)15;1-3-7(4-2,5(20(8,9)10)21(11,12)13)6(22(14,15)16)23(17,18)19/h1-11,13H2,(H,14,15);5-6H,3-4H2,1-2H3,(H7-,8,9,10,11,12,13,14,15,16,17,18,19)/p+1. The summed E-state index contributed by atoms with van der Waals surface area (Å²) >= 11 is 0. The molecule has 16 nitrogen and oxygen atoms in total. The Labute approximate surface area is 222 Å². The molecule has 0 bridgehead atoms. The van der Waals surface area contributed by atoms with E-state index in [2.05, 4.69) is 0 Å². The Balaban J connectivity index is 0. The van der Waals surface area contributed by atoms with Gasteiger partial charge in [-0.05, 0) is 33.2 Å². The number of rotatable bonds is 19. The summed E-state index contributed by atoms with van der Waals surface area (Å²) in [4.78, 5) is 84.5. The Morgan fingerprint density at radius 2 is 0.868 bits per heavy atom. The quantitative estimate of drug-likeness (QED) is 0.0551. The lowest BCUT2D eigenvalue weighted by Crippen LogP contribution is -2.60. The molecule has 0 aliphatic heterocycles. The second-order valence-corrected chi connectivity index (χ2v) is 16.4. The Bertz CT molecular complexity index is 782. The number of nitrogens with two attached hydrogens (primary N) is 1. The van der Waals surface area contributed by atoms with Crippen LogP contribution in [0.5, 0.6) is 0 Å². The molecule has 11 N–H and O–H groups in total. The monoisotopic (exact) mass is 637 g/mol. The van der Waals surface area contributed by atoms with Crippen molar-refractivity contribution in [3.05, 3.63) is 0 Å². The number of hydrogen-bond acceptors (Lipinski definition) is 6. The molecule has 0 atom stereocenters. The fraction of sp³-hybridized carbons (Fsp3) is 0.944. The molecule has 0 aliphatic carbocycles. The molecule has 0 saturated carbocycles. The summed E-state index contributed by atoms with van der Waals surface area (Å²) in [6, 6.07) is 0. The smallest absolute Gasteiger partial charge is 0.395 e. The molecule has 38 heavy (non-hydrogen) atoms. The largest absolute Gasteiger partial charge is 0.481 e. The van der Waals surface area contributed by atoms with Gasteiger partial charge in [-0.1, -0.05) is 44.9 Å². The maximum absolute atomic E-state index is 11.6. The number of aliphatic carboxylic acids is 1. The van der Waals surface area contributed by atoms with Crippen molar-refractivity contribution in [2.24, 2.45) is 5.73 Å². The number of carboxylic acids is 1. The zero-order chi connectivity index (χ0) is 30.4. The Morgan fingerprint density at radius 3 is 1.08 bits per heavy atom. The fourth-order valence-corrected chi connectivity index (χ4v) is 12.0. The Kier molecular flexibility index (Phi) is 18.7. The Morgan fingerprint density at radius 1 is 0.605 bits per heavy atom. The van der Waals surface area contributed by atoms with Crippen molar-refractivity contribution >= 4 is 36.4 Å². The van der Waals surface area contributed by atoms with E-state index in [-0.39, 0.29) is 0 Å². The maximum Gasteiger partial charge on any atom is 0.395 e. The molecule has 0 unspecified atom stereocenters. The summed E-state index contributed by atoms with van der Waals surface area (Å²) < 4.78 is 44.5. The van der Waals surface area contributed by atoms with Crippen molar-refractivity contribution < 1.29 is 71.8 Å². The maximum atomic E-state index is 11.6. The molecule has 0 heterocycles. The highest BCUT2D eigenvalue weighted by Crippen LogP contribution is 2.71. The van der Waals surface area contributed by atoms with Crippen LogP contribution >= 0.6 is 30.4 Å². The highest BCUT2D eigenvalue weighted by Gasteiger charge is 2.68. The van der Waals surface area contributed by atoms with Crippen LogP contribution in [-0.2, 0) is 23.1 Å². The van der Waals surface area contributed by atoms with Gasteiger partial charge in [-0.25, -0.2) is 0 Å². The second kappa shape index (κ2) is 17.7. The molecule has 230 valence electrons. The van der Waals surface area contributed by atoms with Gasteiger partial charge in [0, 0.05) is 6.42 Å². The van der Waals surface area contributed by atoms with Crippen LogP contribution in [0.3, 0.4) is 0 Å². The number of carbonyl (C=O) groups is 1. The van der Waals surface area contributed by atoms with Crippen molar-refractivity contribution in [1.82, 2.24) is 0 Å². The summed E-state index contributed by atoms with van der Waals surface area (Å²) in [5, 5.41) is 8.43. The highest BCUT2D eigenvalue weighted by atomic mass is 31.2. The first-order valence-electron chi connectivity index (χ1n) is 12.1. The summed E-state index contributed by atoms with van der Waals surface area (Å²) in [6.45, 7) is 1.37. The van der Waals surface area contributed by atoms with E-state index in [4.69, 9.17) is 10.8 Å². The van der Waals surface area contributed by atoms with E-state index in [0.29, 0.717) is 6.42 Å².